The Morgan fingerprint density at radius 1 is 1.06 bits per heavy atom. The zero-order valence-corrected chi connectivity index (χ0v) is 20.7. The molecule has 0 atom stereocenters. The summed E-state index contributed by atoms with van der Waals surface area (Å²) >= 11 is 0. The Labute approximate surface area is 207 Å². The van der Waals surface area contributed by atoms with Gasteiger partial charge in [-0.15, -0.1) is 5.10 Å². The van der Waals surface area contributed by atoms with E-state index in [-0.39, 0.29) is 10.5 Å². The molecule has 0 saturated heterocycles. The van der Waals surface area contributed by atoms with Crippen LogP contribution in [0.3, 0.4) is 0 Å². The fourth-order valence-electron chi connectivity index (χ4n) is 3.50. The highest BCUT2D eigenvalue weighted by Crippen LogP contribution is 2.26. The van der Waals surface area contributed by atoms with Gasteiger partial charge in [-0.25, -0.2) is 13.2 Å². The Kier molecular flexibility index (Phi) is 7.02. The van der Waals surface area contributed by atoms with E-state index in [0.29, 0.717) is 34.5 Å². The van der Waals surface area contributed by atoms with E-state index in [4.69, 9.17) is 9.47 Å². The fraction of sp³-hybridized carbons (Fsp3) is 0.200. The van der Waals surface area contributed by atoms with E-state index in [1.54, 1.807) is 55.5 Å². The number of carbonyl (C=O) groups excluding carboxylic acids is 1. The standard InChI is InChI=1S/C25H24N4O6S/c1-4-34-19-12-10-18(11-13-19)28(3)36(32,33)20-14-9-17(2)22(15-20)25(31)35-16-29-24(30)21-7-5-6-8-23(21)26-27-29/h5-15H,4,16H2,1-3H3. The molecule has 0 spiro atoms. The summed E-state index contributed by atoms with van der Waals surface area (Å²) in [5, 5.41) is 8.08. The molecule has 10 nitrogen and oxygen atoms in total. The summed E-state index contributed by atoms with van der Waals surface area (Å²) < 4.78 is 39.2. The number of esters is 1. The average molecular weight is 509 g/mol. The molecule has 0 N–H and O–H groups in total. The van der Waals surface area contributed by atoms with Gasteiger partial charge in [0.25, 0.3) is 15.6 Å². The summed E-state index contributed by atoms with van der Waals surface area (Å²) in [6, 6.07) is 17.5. The number of hydrogen-bond acceptors (Lipinski definition) is 8. The molecule has 0 aliphatic rings. The molecule has 36 heavy (non-hydrogen) atoms. The number of carbonyl (C=O) groups is 1. The Morgan fingerprint density at radius 2 is 1.78 bits per heavy atom. The quantitative estimate of drug-likeness (QED) is 0.333. The summed E-state index contributed by atoms with van der Waals surface area (Å²) in [5.74, 6) is -0.169. The number of benzene rings is 3. The third-order valence-corrected chi connectivity index (χ3v) is 7.33. The number of rotatable bonds is 8. The monoisotopic (exact) mass is 508 g/mol. The molecule has 3 aromatic carbocycles. The first-order chi connectivity index (χ1) is 17.2. The Hall–Kier alpha value is -4.25. The number of hydrogen-bond donors (Lipinski definition) is 0. The van der Waals surface area contributed by atoms with Gasteiger partial charge in [-0.05, 0) is 67.9 Å². The molecule has 0 radical (unpaired) electrons. The van der Waals surface area contributed by atoms with Crippen molar-refractivity contribution in [3.63, 3.8) is 0 Å². The third kappa shape index (κ3) is 4.91. The van der Waals surface area contributed by atoms with Gasteiger partial charge in [0.1, 0.15) is 11.3 Å². The maximum Gasteiger partial charge on any atom is 0.340 e. The van der Waals surface area contributed by atoms with Crippen molar-refractivity contribution in [3.8, 4) is 5.75 Å². The highest BCUT2D eigenvalue weighted by molar-refractivity contribution is 7.92. The van der Waals surface area contributed by atoms with Crippen LogP contribution in [0.1, 0.15) is 22.8 Å². The summed E-state index contributed by atoms with van der Waals surface area (Å²) in [4.78, 5) is 25.3. The Bertz CT molecular complexity index is 1580. The van der Waals surface area contributed by atoms with Crippen LogP contribution in [0.25, 0.3) is 10.9 Å². The van der Waals surface area contributed by atoms with Crippen LogP contribution >= 0.6 is 0 Å². The van der Waals surface area contributed by atoms with Crippen LogP contribution in [0.4, 0.5) is 5.69 Å². The molecule has 4 rings (SSSR count). The van der Waals surface area contributed by atoms with Gasteiger partial charge in [-0.2, -0.15) is 4.68 Å². The van der Waals surface area contributed by atoms with E-state index in [1.807, 2.05) is 6.92 Å². The minimum absolute atomic E-state index is 0.0537. The number of sulfonamides is 1. The molecular formula is C25H24N4O6S. The van der Waals surface area contributed by atoms with Crippen molar-refractivity contribution in [1.82, 2.24) is 15.0 Å². The molecule has 0 aliphatic heterocycles. The maximum atomic E-state index is 13.3. The van der Waals surface area contributed by atoms with Gasteiger partial charge in [0, 0.05) is 7.05 Å². The summed E-state index contributed by atoms with van der Waals surface area (Å²) in [7, 11) is -2.56. The van der Waals surface area contributed by atoms with Crippen molar-refractivity contribution in [2.75, 3.05) is 18.0 Å². The predicted octanol–water partition coefficient (Wildman–Crippen LogP) is 3.14. The second kappa shape index (κ2) is 10.2. The normalized spacial score (nSPS) is 11.3. The van der Waals surface area contributed by atoms with E-state index in [1.165, 1.54) is 25.2 Å². The minimum atomic E-state index is -3.98. The number of anilines is 1. The largest absolute Gasteiger partial charge is 0.494 e. The molecular weight excluding hydrogens is 484 g/mol. The second-order valence-corrected chi connectivity index (χ2v) is 9.82. The first-order valence-corrected chi connectivity index (χ1v) is 12.5. The molecule has 0 saturated carbocycles. The van der Waals surface area contributed by atoms with Crippen molar-refractivity contribution in [3.05, 3.63) is 88.2 Å². The van der Waals surface area contributed by atoms with Gasteiger partial charge in [0.15, 0.2) is 6.73 Å². The van der Waals surface area contributed by atoms with Gasteiger partial charge in [0.2, 0.25) is 0 Å². The molecule has 0 amide bonds. The van der Waals surface area contributed by atoms with Crippen LogP contribution in [-0.4, -0.2) is 43.0 Å². The lowest BCUT2D eigenvalue weighted by Crippen LogP contribution is -2.27. The predicted molar refractivity (Wildman–Crippen MR) is 134 cm³/mol. The molecule has 0 fully saturated rings. The highest BCUT2D eigenvalue weighted by Gasteiger charge is 2.24. The van der Waals surface area contributed by atoms with E-state index >= 15 is 0 Å². The number of ether oxygens (including phenoxy) is 2. The van der Waals surface area contributed by atoms with Gasteiger partial charge >= 0.3 is 5.97 Å². The summed E-state index contributed by atoms with van der Waals surface area (Å²) in [6.07, 6.45) is 0. The summed E-state index contributed by atoms with van der Waals surface area (Å²) in [6.45, 7) is 3.54. The number of fused-ring (bicyclic) bond motifs is 1. The SMILES string of the molecule is CCOc1ccc(N(C)S(=O)(=O)c2ccc(C)c(C(=O)OCn3nnc4ccccc4c3=O)c2)cc1. The smallest absolute Gasteiger partial charge is 0.340 e. The van der Waals surface area contributed by atoms with Crippen molar-refractivity contribution in [2.45, 2.75) is 25.5 Å². The molecule has 11 heteroatoms. The average Bonchev–Trinajstić information content (AvgIpc) is 2.88. The van der Waals surface area contributed by atoms with Crippen LogP contribution < -0.4 is 14.6 Å². The van der Waals surface area contributed by atoms with E-state index in [0.717, 1.165) is 8.99 Å². The zero-order chi connectivity index (χ0) is 25.9. The highest BCUT2D eigenvalue weighted by atomic mass is 32.2. The van der Waals surface area contributed by atoms with E-state index in [2.05, 4.69) is 10.3 Å². The van der Waals surface area contributed by atoms with Crippen LogP contribution in [-0.2, 0) is 21.5 Å². The third-order valence-electron chi connectivity index (χ3n) is 5.55. The molecule has 1 heterocycles. The lowest BCUT2D eigenvalue weighted by Gasteiger charge is -2.20. The Balaban J connectivity index is 1.55. The van der Waals surface area contributed by atoms with E-state index < -0.39 is 28.3 Å². The zero-order valence-electron chi connectivity index (χ0n) is 19.9. The molecule has 1 aromatic heterocycles. The van der Waals surface area contributed by atoms with Gasteiger partial charge < -0.3 is 9.47 Å². The lowest BCUT2D eigenvalue weighted by molar-refractivity contribution is 0.0335. The molecule has 0 unspecified atom stereocenters. The maximum absolute atomic E-state index is 13.3. The second-order valence-electron chi connectivity index (χ2n) is 7.85. The first kappa shape index (κ1) is 24.9. The van der Waals surface area contributed by atoms with Crippen LogP contribution in [0, 0.1) is 6.92 Å². The van der Waals surface area contributed by atoms with Crippen LogP contribution in [0.15, 0.2) is 76.4 Å². The Morgan fingerprint density at radius 3 is 2.50 bits per heavy atom. The number of aromatic nitrogens is 3. The molecule has 186 valence electrons. The van der Waals surface area contributed by atoms with Crippen molar-refractivity contribution in [1.29, 1.82) is 0 Å². The topological polar surface area (TPSA) is 121 Å². The van der Waals surface area contributed by atoms with Crippen LogP contribution in [0.5, 0.6) is 5.75 Å². The van der Waals surface area contributed by atoms with Crippen molar-refractivity contribution < 1.29 is 22.7 Å². The lowest BCUT2D eigenvalue weighted by atomic mass is 10.1. The number of nitrogens with zero attached hydrogens (tertiary/aromatic N) is 4. The number of aryl methyl sites for hydroxylation is 1. The van der Waals surface area contributed by atoms with Gasteiger partial charge in [-0.3, -0.25) is 9.10 Å². The van der Waals surface area contributed by atoms with Crippen molar-refractivity contribution >= 4 is 32.6 Å². The van der Waals surface area contributed by atoms with Gasteiger partial charge in [0.05, 0.1) is 28.1 Å². The molecule has 0 aliphatic carbocycles. The molecule has 4 aromatic rings. The van der Waals surface area contributed by atoms with E-state index in [9.17, 15) is 18.0 Å². The molecule has 0 bridgehead atoms. The minimum Gasteiger partial charge on any atom is -0.494 e. The van der Waals surface area contributed by atoms with Gasteiger partial charge in [-0.1, -0.05) is 23.4 Å². The van der Waals surface area contributed by atoms with Crippen molar-refractivity contribution in [2.24, 2.45) is 0 Å². The first-order valence-electron chi connectivity index (χ1n) is 11.0. The summed E-state index contributed by atoms with van der Waals surface area (Å²) in [5.41, 5.74) is 0.962. The fourth-order valence-corrected chi connectivity index (χ4v) is 4.73. The van der Waals surface area contributed by atoms with Crippen LogP contribution in [0.2, 0.25) is 0 Å².